The van der Waals surface area contributed by atoms with E-state index in [-0.39, 0.29) is 11.3 Å². The second kappa shape index (κ2) is 5.17. The van der Waals surface area contributed by atoms with E-state index < -0.39 is 45.6 Å². The van der Waals surface area contributed by atoms with Crippen LogP contribution in [-0.2, 0) is 6.18 Å². The van der Waals surface area contributed by atoms with Crippen LogP contribution in [0, 0.1) is 0 Å². The van der Waals surface area contributed by atoms with Gasteiger partial charge < -0.3 is 0 Å². The fourth-order valence-corrected chi connectivity index (χ4v) is 2.92. The zero-order valence-electron chi connectivity index (χ0n) is 10.8. The van der Waals surface area contributed by atoms with Crippen molar-refractivity contribution in [2.24, 2.45) is 0 Å². The van der Waals surface area contributed by atoms with Crippen molar-refractivity contribution in [3.05, 3.63) is 45.2 Å². The van der Waals surface area contributed by atoms with Gasteiger partial charge in [-0.15, -0.1) is 0 Å². The molecule has 0 radical (unpaired) electrons. The predicted molar refractivity (Wildman–Crippen MR) is 71.7 cm³/mol. The Morgan fingerprint density at radius 1 is 1.09 bits per heavy atom. The Morgan fingerprint density at radius 3 is 2.13 bits per heavy atom. The highest BCUT2D eigenvalue weighted by molar-refractivity contribution is 6.37. The fourth-order valence-electron chi connectivity index (χ4n) is 2.26. The molecule has 1 aromatic carbocycles. The highest BCUT2D eigenvalue weighted by Crippen LogP contribution is 2.40. The number of Topliss-reactive ketones (excluding diaryl/α,β-unsaturated/α-hetero) is 1. The molecule has 0 amide bonds. The second-order valence-corrected chi connectivity index (χ2v) is 5.64. The zero-order chi connectivity index (χ0) is 17.1. The maximum atomic E-state index is 13.6. The summed E-state index contributed by atoms with van der Waals surface area (Å²) in [4.78, 5) is 11.5. The number of benzene rings is 1. The van der Waals surface area contributed by atoms with Crippen LogP contribution in [0.25, 0.3) is 5.69 Å². The van der Waals surface area contributed by atoms with Crippen LogP contribution in [0.4, 0.5) is 22.0 Å². The van der Waals surface area contributed by atoms with E-state index in [4.69, 9.17) is 23.2 Å². The lowest BCUT2D eigenvalue weighted by Crippen LogP contribution is -2.13. The molecule has 0 spiro atoms. The third-order valence-corrected chi connectivity index (χ3v) is 3.93. The van der Waals surface area contributed by atoms with E-state index in [9.17, 15) is 26.7 Å². The molecule has 0 N–H and O–H groups in total. The summed E-state index contributed by atoms with van der Waals surface area (Å²) in [6.07, 6.45) is -8.23. The SMILES string of the molecule is O=C1c2cn(-c3c(Cl)cc(C(F)(F)F)cc3Cl)nc2C(F)C1F. The quantitative estimate of drug-likeness (QED) is 0.679. The number of hydrogen-bond donors (Lipinski definition) is 0. The molecule has 0 saturated heterocycles. The molecule has 3 nitrogen and oxygen atoms in total. The van der Waals surface area contributed by atoms with Gasteiger partial charge in [0.05, 0.1) is 21.2 Å². The van der Waals surface area contributed by atoms with E-state index >= 15 is 0 Å². The molecule has 10 heteroatoms. The van der Waals surface area contributed by atoms with Crippen LogP contribution in [0.5, 0.6) is 0 Å². The molecule has 1 aliphatic carbocycles. The Bertz CT molecular complexity index is 794. The van der Waals surface area contributed by atoms with Gasteiger partial charge in [-0.05, 0) is 12.1 Å². The van der Waals surface area contributed by atoms with Crippen LogP contribution in [0.3, 0.4) is 0 Å². The van der Waals surface area contributed by atoms with Gasteiger partial charge in [0, 0.05) is 6.20 Å². The van der Waals surface area contributed by atoms with Crippen molar-refractivity contribution in [1.29, 1.82) is 0 Å². The predicted octanol–water partition coefficient (Wildman–Crippen LogP) is 4.74. The van der Waals surface area contributed by atoms with Crippen molar-refractivity contribution in [3.63, 3.8) is 0 Å². The van der Waals surface area contributed by atoms with Gasteiger partial charge in [0.15, 0.2) is 12.3 Å². The number of fused-ring (bicyclic) bond motifs is 1. The first kappa shape index (κ1) is 16.2. The van der Waals surface area contributed by atoms with E-state index in [1.807, 2.05) is 0 Å². The minimum atomic E-state index is -4.65. The third-order valence-electron chi connectivity index (χ3n) is 3.35. The van der Waals surface area contributed by atoms with Gasteiger partial charge in [-0.1, -0.05) is 23.2 Å². The normalized spacial score (nSPS) is 20.9. The lowest BCUT2D eigenvalue weighted by Gasteiger charge is -2.12. The Kier molecular flexibility index (Phi) is 3.64. The van der Waals surface area contributed by atoms with Gasteiger partial charge in [-0.25, -0.2) is 13.5 Å². The second-order valence-electron chi connectivity index (χ2n) is 4.83. The van der Waals surface area contributed by atoms with Gasteiger partial charge in [0.2, 0.25) is 5.78 Å². The third kappa shape index (κ3) is 2.49. The van der Waals surface area contributed by atoms with Crippen molar-refractivity contribution in [1.82, 2.24) is 9.78 Å². The molecule has 2 aromatic rings. The first-order valence-electron chi connectivity index (χ1n) is 6.09. The maximum Gasteiger partial charge on any atom is 0.416 e. The van der Waals surface area contributed by atoms with Gasteiger partial charge in [-0.2, -0.15) is 18.3 Å². The molecular formula is C13H5Cl2F5N2O. The zero-order valence-corrected chi connectivity index (χ0v) is 12.3. The number of rotatable bonds is 1. The van der Waals surface area contributed by atoms with Gasteiger partial charge in [0.1, 0.15) is 11.4 Å². The molecule has 2 unspecified atom stereocenters. The number of aromatic nitrogens is 2. The average molecular weight is 371 g/mol. The van der Waals surface area contributed by atoms with Gasteiger partial charge in [-0.3, -0.25) is 4.79 Å². The van der Waals surface area contributed by atoms with Crippen molar-refractivity contribution < 1.29 is 26.7 Å². The fraction of sp³-hybridized carbons (Fsp3) is 0.231. The molecule has 3 rings (SSSR count). The minimum absolute atomic E-state index is 0.161. The number of hydrogen-bond acceptors (Lipinski definition) is 2. The van der Waals surface area contributed by atoms with E-state index in [2.05, 4.69) is 5.10 Å². The van der Waals surface area contributed by atoms with Crippen LogP contribution in [-0.4, -0.2) is 21.7 Å². The molecule has 0 aliphatic heterocycles. The van der Waals surface area contributed by atoms with Crippen LogP contribution in [0.1, 0.15) is 27.8 Å². The number of alkyl halides is 5. The van der Waals surface area contributed by atoms with E-state index in [0.29, 0.717) is 12.1 Å². The molecule has 2 atom stereocenters. The summed E-state index contributed by atoms with van der Waals surface area (Å²) in [5, 5.41) is 2.89. The standard InChI is InChI=1S/C13H5Cl2F5N2O/c14-6-1-4(13(18,19)20)2-7(15)11(6)22-3-5-10(21-22)8(16)9(17)12(5)23/h1-3,8-9H. The van der Waals surface area contributed by atoms with Crippen LogP contribution < -0.4 is 0 Å². The number of halogens is 7. The minimum Gasteiger partial charge on any atom is -0.291 e. The molecule has 0 saturated carbocycles. The number of carbonyl (C=O) groups excluding carboxylic acids is 1. The van der Waals surface area contributed by atoms with E-state index in [1.54, 1.807) is 0 Å². The summed E-state index contributed by atoms with van der Waals surface area (Å²) in [6.45, 7) is 0. The summed E-state index contributed by atoms with van der Waals surface area (Å²) >= 11 is 11.6. The monoisotopic (exact) mass is 370 g/mol. The lowest BCUT2D eigenvalue weighted by molar-refractivity contribution is -0.137. The first-order valence-corrected chi connectivity index (χ1v) is 6.85. The molecule has 1 heterocycles. The Balaban J connectivity index is 2.12. The Hall–Kier alpha value is -1.67. The maximum absolute atomic E-state index is 13.6. The van der Waals surface area contributed by atoms with Gasteiger partial charge >= 0.3 is 6.18 Å². The summed E-state index contributed by atoms with van der Waals surface area (Å²) in [5.74, 6) is -1.09. The molecule has 1 aliphatic rings. The van der Waals surface area contributed by atoms with Crippen LogP contribution in [0.2, 0.25) is 10.0 Å². The largest absolute Gasteiger partial charge is 0.416 e. The lowest BCUT2D eigenvalue weighted by atomic mass is 10.2. The van der Waals surface area contributed by atoms with E-state index in [0.717, 1.165) is 10.9 Å². The summed E-state index contributed by atoms with van der Waals surface area (Å²) in [6, 6.07) is 1.25. The summed E-state index contributed by atoms with van der Waals surface area (Å²) < 4.78 is 65.8. The molecular weight excluding hydrogens is 366 g/mol. The summed E-state index contributed by atoms with van der Waals surface area (Å²) in [5.41, 5.74) is -1.96. The molecule has 122 valence electrons. The average Bonchev–Trinajstić information content (AvgIpc) is 2.94. The van der Waals surface area contributed by atoms with Crippen LogP contribution in [0.15, 0.2) is 18.3 Å². The smallest absolute Gasteiger partial charge is 0.291 e. The highest BCUT2D eigenvalue weighted by Gasteiger charge is 2.44. The van der Waals surface area contributed by atoms with Gasteiger partial charge in [0.25, 0.3) is 0 Å². The topological polar surface area (TPSA) is 34.9 Å². The highest BCUT2D eigenvalue weighted by atomic mass is 35.5. The Morgan fingerprint density at radius 2 is 1.65 bits per heavy atom. The number of ketones is 1. The van der Waals surface area contributed by atoms with Crippen molar-refractivity contribution >= 4 is 29.0 Å². The number of nitrogens with zero attached hydrogens (tertiary/aromatic N) is 2. The molecule has 23 heavy (non-hydrogen) atoms. The molecule has 0 fully saturated rings. The van der Waals surface area contributed by atoms with Crippen LogP contribution >= 0.6 is 23.2 Å². The first-order chi connectivity index (χ1) is 10.6. The summed E-state index contributed by atoms with van der Waals surface area (Å²) in [7, 11) is 0. The number of carbonyl (C=O) groups is 1. The van der Waals surface area contributed by atoms with Crippen molar-refractivity contribution in [2.45, 2.75) is 18.5 Å². The van der Waals surface area contributed by atoms with E-state index in [1.165, 1.54) is 0 Å². The molecule has 1 aromatic heterocycles. The Labute approximate surface area is 135 Å². The molecule has 0 bridgehead atoms. The van der Waals surface area contributed by atoms with Crippen molar-refractivity contribution in [3.8, 4) is 5.69 Å². The van der Waals surface area contributed by atoms with Crippen molar-refractivity contribution in [2.75, 3.05) is 0 Å².